The molecule has 0 aromatic heterocycles. The minimum absolute atomic E-state index is 0.139. The molecule has 0 aromatic carbocycles. The maximum Gasteiger partial charge on any atom is 0.335 e. The topological polar surface area (TPSA) is 72.8 Å². The molecular formula is C10H14O5. The fourth-order valence-corrected chi connectivity index (χ4v) is 0.661. The number of hydrogen-bond acceptors (Lipinski definition) is 4. The lowest BCUT2D eigenvalue weighted by atomic mass is 10.1. The van der Waals surface area contributed by atoms with Crippen LogP contribution < -0.4 is 0 Å². The third kappa shape index (κ3) is 5.64. The molecule has 5 heteroatoms. The molecular weight excluding hydrogens is 200 g/mol. The average Bonchev–Trinajstić information content (AvgIpc) is 2.21. The Balaban J connectivity index is 4.09. The van der Waals surface area contributed by atoms with Crippen LogP contribution in [0.15, 0.2) is 23.8 Å². The molecule has 0 spiro atoms. The van der Waals surface area contributed by atoms with Gasteiger partial charge in [-0.05, 0) is 13.3 Å². The summed E-state index contributed by atoms with van der Waals surface area (Å²) in [6.45, 7) is 4.77. The predicted octanol–water partition coefficient (Wildman–Crippen LogP) is 1.11. The van der Waals surface area contributed by atoms with E-state index in [2.05, 4.69) is 16.1 Å². The molecule has 0 saturated heterocycles. The Morgan fingerprint density at radius 2 is 2.07 bits per heavy atom. The van der Waals surface area contributed by atoms with E-state index in [1.807, 2.05) is 0 Å². The van der Waals surface area contributed by atoms with E-state index in [1.165, 1.54) is 20.1 Å². The van der Waals surface area contributed by atoms with Gasteiger partial charge >= 0.3 is 11.9 Å². The molecule has 0 rings (SSSR count). The second-order valence-electron chi connectivity index (χ2n) is 2.84. The predicted molar refractivity (Wildman–Crippen MR) is 53.1 cm³/mol. The van der Waals surface area contributed by atoms with Gasteiger partial charge in [-0.15, -0.1) is 0 Å². The first-order valence-electron chi connectivity index (χ1n) is 4.23. The van der Waals surface area contributed by atoms with Crippen LogP contribution in [-0.2, 0) is 19.1 Å². The summed E-state index contributed by atoms with van der Waals surface area (Å²) in [6.07, 6.45) is 1.55. The highest BCUT2D eigenvalue weighted by molar-refractivity contribution is 5.89. The maximum absolute atomic E-state index is 11.1. The third-order valence-electron chi connectivity index (χ3n) is 1.59. The Labute approximate surface area is 88.0 Å². The standard InChI is InChI=1S/C10H14O5/c1-7(9(11)12)4-5-8(2)10(13)15-6-14-3/h4H,2,5-6H2,1,3H3,(H,11,12). The molecule has 0 bridgehead atoms. The second kappa shape index (κ2) is 6.78. The van der Waals surface area contributed by atoms with Crippen molar-refractivity contribution in [1.82, 2.24) is 0 Å². The summed E-state index contributed by atoms with van der Waals surface area (Å²) in [6, 6.07) is 0. The third-order valence-corrected chi connectivity index (χ3v) is 1.59. The summed E-state index contributed by atoms with van der Waals surface area (Å²) < 4.78 is 9.14. The van der Waals surface area contributed by atoms with Crippen LogP contribution in [0.3, 0.4) is 0 Å². The van der Waals surface area contributed by atoms with Crippen LogP contribution in [0.4, 0.5) is 0 Å². The van der Waals surface area contributed by atoms with Crippen molar-refractivity contribution in [2.45, 2.75) is 13.3 Å². The summed E-state index contributed by atoms with van der Waals surface area (Å²) in [4.78, 5) is 21.5. The molecule has 0 atom stereocenters. The Morgan fingerprint density at radius 1 is 1.47 bits per heavy atom. The molecule has 0 heterocycles. The quantitative estimate of drug-likeness (QED) is 0.407. The van der Waals surface area contributed by atoms with Gasteiger partial charge in [0.15, 0.2) is 6.79 Å². The molecule has 84 valence electrons. The van der Waals surface area contributed by atoms with Crippen LogP contribution in [-0.4, -0.2) is 30.9 Å². The van der Waals surface area contributed by atoms with Gasteiger partial charge in [0.05, 0.1) is 0 Å². The number of methoxy groups -OCH3 is 1. The Kier molecular flexibility index (Phi) is 6.05. The van der Waals surface area contributed by atoms with Crippen molar-refractivity contribution in [2.75, 3.05) is 13.9 Å². The van der Waals surface area contributed by atoms with Crippen molar-refractivity contribution in [1.29, 1.82) is 0 Å². The molecule has 0 saturated carbocycles. The van der Waals surface area contributed by atoms with Gasteiger partial charge in [0.1, 0.15) is 0 Å². The van der Waals surface area contributed by atoms with Gasteiger partial charge < -0.3 is 14.6 Å². The summed E-state index contributed by atoms with van der Waals surface area (Å²) in [7, 11) is 1.39. The van der Waals surface area contributed by atoms with E-state index in [-0.39, 0.29) is 24.4 Å². The Bertz CT molecular complexity index is 290. The first-order chi connectivity index (χ1) is 6.99. The molecule has 0 aliphatic rings. The molecule has 1 N–H and O–H groups in total. The van der Waals surface area contributed by atoms with E-state index in [9.17, 15) is 9.59 Å². The number of rotatable bonds is 6. The van der Waals surface area contributed by atoms with Crippen LogP contribution in [0, 0.1) is 0 Å². The smallest absolute Gasteiger partial charge is 0.335 e. The zero-order chi connectivity index (χ0) is 11.8. The van der Waals surface area contributed by atoms with Crippen molar-refractivity contribution >= 4 is 11.9 Å². The Hall–Kier alpha value is -1.62. The van der Waals surface area contributed by atoms with Gasteiger partial charge in [0.25, 0.3) is 0 Å². The lowest BCUT2D eigenvalue weighted by Gasteiger charge is -2.03. The molecule has 0 aliphatic heterocycles. The van der Waals surface area contributed by atoms with E-state index < -0.39 is 11.9 Å². The number of aliphatic carboxylic acids is 1. The SMILES string of the molecule is C=C(CC=C(C)C(=O)O)C(=O)OCOC. The van der Waals surface area contributed by atoms with Gasteiger partial charge in [-0.1, -0.05) is 12.7 Å². The van der Waals surface area contributed by atoms with E-state index in [4.69, 9.17) is 5.11 Å². The van der Waals surface area contributed by atoms with Gasteiger partial charge in [-0.25, -0.2) is 9.59 Å². The Morgan fingerprint density at radius 3 is 2.53 bits per heavy atom. The van der Waals surface area contributed by atoms with E-state index in [0.717, 1.165) is 0 Å². The average molecular weight is 214 g/mol. The number of carboxylic acids is 1. The normalized spacial score (nSPS) is 10.9. The fourth-order valence-electron chi connectivity index (χ4n) is 0.661. The lowest BCUT2D eigenvalue weighted by molar-refractivity contribution is -0.149. The summed E-state index contributed by atoms with van der Waals surface area (Å²) >= 11 is 0. The molecule has 0 aliphatic carbocycles. The minimum atomic E-state index is -1.02. The molecule has 0 unspecified atom stereocenters. The van der Waals surface area contributed by atoms with Crippen LogP contribution in [0.5, 0.6) is 0 Å². The largest absolute Gasteiger partial charge is 0.478 e. The fraction of sp³-hybridized carbons (Fsp3) is 0.400. The van der Waals surface area contributed by atoms with Crippen molar-refractivity contribution in [2.24, 2.45) is 0 Å². The maximum atomic E-state index is 11.1. The van der Waals surface area contributed by atoms with Crippen molar-refractivity contribution in [3.8, 4) is 0 Å². The number of hydrogen-bond donors (Lipinski definition) is 1. The van der Waals surface area contributed by atoms with E-state index in [0.29, 0.717) is 0 Å². The molecule has 0 fully saturated rings. The number of carbonyl (C=O) groups is 2. The van der Waals surface area contributed by atoms with Gasteiger partial charge in [0.2, 0.25) is 0 Å². The van der Waals surface area contributed by atoms with E-state index in [1.54, 1.807) is 0 Å². The minimum Gasteiger partial charge on any atom is -0.478 e. The van der Waals surface area contributed by atoms with E-state index >= 15 is 0 Å². The van der Waals surface area contributed by atoms with Crippen molar-refractivity contribution in [3.63, 3.8) is 0 Å². The van der Waals surface area contributed by atoms with Gasteiger partial charge in [-0.2, -0.15) is 0 Å². The summed E-state index contributed by atoms with van der Waals surface area (Å²) in [5.74, 6) is -1.61. The highest BCUT2D eigenvalue weighted by atomic mass is 16.7. The van der Waals surface area contributed by atoms with Crippen molar-refractivity contribution < 1.29 is 24.2 Å². The van der Waals surface area contributed by atoms with Crippen LogP contribution in [0.1, 0.15) is 13.3 Å². The molecule has 0 amide bonds. The number of carboxylic acid groups (broad SMARTS) is 1. The zero-order valence-corrected chi connectivity index (χ0v) is 8.78. The van der Waals surface area contributed by atoms with Crippen LogP contribution in [0.2, 0.25) is 0 Å². The summed E-state index contributed by atoms with van der Waals surface area (Å²) in [5.41, 5.74) is 0.350. The number of esters is 1. The number of ether oxygens (including phenoxy) is 2. The highest BCUT2D eigenvalue weighted by Gasteiger charge is 2.07. The first kappa shape index (κ1) is 13.4. The molecule has 0 radical (unpaired) electrons. The second-order valence-corrected chi connectivity index (χ2v) is 2.84. The first-order valence-corrected chi connectivity index (χ1v) is 4.23. The zero-order valence-electron chi connectivity index (χ0n) is 8.78. The van der Waals surface area contributed by atoms with Crippen LogP contribution >= 0.6 is 0 Å². The van der Waals surface area contributed by atoms with Crippen molar-refractivity contribution in [3.05, 3.63) is 23.8 Å². The molecule has 0 aromatic rings. The number of carbonyl (C=O) groups excluding carboxylic acids is 1. The summed E-state index contributed by atoms with van der Waals surface area (Å²) in [5, 5.41) is 8.54. The van der Waals surface area contributed by atoms with Gasteiger partial charge in [-0.3, -0.25) is 0 Å². The van der Waals surface area contributed by atoms with Crippen LogP contribution in [0.25, 0.3) is 0 Å². The monoisotopic (exact) mass is 214 g/mol. The highest BCUT2D eigenvalue weighted by Crippen LogP contribution is 2.05. The molecule has 15 heavy (non-hydrogen) atoms. The van der Waals surface area contributed by atoms with Gasteiger partial charge in [0, 0.05) is 18.3 Å². The number of allylic oxidation sites excluding steroid dienone is 1. The lowest BCUT2D eigenvalue weighted by Crippen LogP contribution is -2.09. The molecule has 5 nitrogen and oxygen atoms in total.